The van der Waals surface area contributed by atoms with Gasteiger partial charge in [0.1, 0.15) is 5.78 Å². The zero-order chi connectivity index (χ0) is 38.3. The summed E-state index contributed by atoms with van der Waals surface area (Å²) in [6.07, 6.45) is 32.8. The number of hydrogen-bond acceptors (Lipinski definition) is 8. The van der Waals surface area contributed by atoms with E-state index in [1.165, 1.54) is 155 Å². The predicted octanol–water partition coefficient (Wildman–Crippen LogP) is -1.20. The molecule has 0 saturated carbocycles. The number of nitrogens with zero attached hydrogens (tertiary/aromatic N) is 4. The van der Waals surface area contributed by atoms with Crippen LogP contribution in [0.1, 0.15) is 164 Å². The quantitative estimate of drug-likeness (QED) is 0.0518. The third-order valence-corrected chi connectivity index (χ3v) is 8.90. The number of alkyl halides is 4. The first-order chi connectivity index (χ1) is 23.6. The minimum absolute atomic E-state index is 0. The molecule has 2 rings (SSSR count). The van der Waals surface area contributed by atoms with Gasteiger partial charge in [-0.15, -0.1) is 0 Å². The van der Waals surface area contributed by atoms with Gasteiger partial charge in [-0.3, -0.25) is 0 Å². The SMILES string of the molecule is C.CC(C)=O.CCCCCCCCCCCCN1C=CN(C)C1.CCCCCCCCCCCCN1C=CN(C)C1.O=S(=O)([O-])C(F)(F)C(F)F.[Cl-].[Cl-].[K+].[K+]. The fourth-order valence-electron chi connectivity index (χ4n) is 5.18. The van der Waals surface area contributed by atoms with Crippen LogP contribution in [0.3, 0.4) is 0 Å². The minimum atomic E-state index is -6.23. The molecule has 0 aromatic rings. The summed E-state index contributed by atoms with van der Waals surface area (Å²) in [5.41, 5.74) is 0. The molecule has 55 heavy (non-hydrogen) atoms. The summed E-state index contributed by atoms with van der Waals surface area (Å²) in [6.45, 7) is 12.3. The summed E-state index contributed by atoms with van der Waals surface area (Å²) >= 11 is 0. The molecule has 322 valence electrons. The summed E-state index contributed by atoms with van der Waals surface area (Å²) in [5.74, 6) is 0.167. The van der Waals surface area contributed by atoms with Crippen molar-refractivity contribution in [2.45, 2.75) is 175 Å². The van der Waals surface area contributed by atoms with Crippen LogP contribution in [0.15, 0.2) is 24.8 Å². The van der Waals surface area contributed by atoms with E-state index in [0.717, 1.165) is 13.3 Å². The number of carbonyl (C=O) groups excluding carboxylic acids is 1. The van der Waals surface area contributed by atoms with E-state index in [4.69, 9.17) is 0 Å². The standard InChI is InChI=1S/2C16H32N2.C3H6O.C2H2F4O3S.CH4.2ClH.2K/c2*1-3-4-5-6-7-8-9-10-11-12-13-18-15-14-17(2)16-18;1-3(2)4;3-1(4)2(5,6)10(7,8)9;;;;;/h2*14-15H,3-13,16H2,1-2H3;1-2H3;1H,(H,7,8,9);1H4;2*1H;;/q;;;;;;;2*+1/p-3. The van der Waals surface area contributed by atoms with E-state index in [1.807, 2.05) is 0 Å². The van der Waals surface area contributed by atoms with Gasteiger partial charge in [0.15, 0.2) is 10.1 Å². The topological polar surface area (TPSA) is 87.2 Å². The molecule has 0 fully saturated rings. The van der Waals surface area contributed by atoms with E-state index in [0.29, 0.717) is 0 Å². The molecule has 17 heteroatoms. The van der Waals surface area contributed by atoms with Gasteiger partial charge in [0.25, 0.3) is 0 Å². The fraction of sp³-hybridized carbons (Fsp3) is 0.868. The zero-order valence-corrected chi connectivity index (χ0v) is 43.5. The van der Waals surface area contributed by atoms with Gasteiger partial charge in [-0.1, -0.05) is 137 Å². The van der Waals surface area contributed by atoms with Gasteiger partial charge in [0.05, 0.1) is 13.3 Å². The summed E-state index contributed by atoms with van der Waals surface area (Å²) in [7, 11) is -1.97. The van der Waals surface area contributed by atoms with Crippen molar-refractivity contribution in [1.82, 2.24) is 19.6 Å². The van der Waals surface area contributed by atoms with Crippen molar-refractivity contribution >= 4 is 15.9 Å². The predicted molar refractivity (Wildman–Crippen MR) is 204 cm³/mol. The number of unbranched alkanes of at least 4 members (excludes halogenated alkanes) is 18. The van der Waals surface area contributed by atoms with Crippen LogP contribution < -0.4 is 128 Å². The van der Waals surface area contributed by atoms with Gasteiger partial charge in [-0.2, -0.15) is 8.78 Å². The Kier molecular flexibility index (Phi) is 60.8. The molecule has 0 amide bonds. The van der Waals surface area contributed by atoms with Crippen molar-refractivity contribution < 1.29 is 163 Å². The van der Waals surface area contributed by atoms with E-state index in [9.17, 15) is 35.3 Å². The second-order valence-corrected chi connectivity index (χ2v) is 15.1. The maximum atomic E-state index is 11.4. The van der Waals surface area contributed by atoms with Crippen molar-refractivity contribution in [1.29, 1.82) is 0 Å². The van der Waals surface area contributed by atoms with Gasteiger partial charge in [0, 0.05) is 52.0 Å². The van der Waals surface area contributed by atoms with Gasteiger partial charge < -0.3 is 53.8 Å². The maximum absolute atomic E-state index is 11.4. The molecule has 2 aliphatic rings. The van der Waals surface area contributed by atoms with Crippen molar-refractivity contribution in [3.05, 3.63) is 24.8 Å². The molecule has 0 N–H and O–H groups in total. The van der Waals surface area contributed by atoms with Crippen LogP contribution >= 0.6 is 0 Å². The van der Waals surface area contributed by atoms with Crippen LogP contribution in [0.2, 0.25) is 0 Å². The summed E-state index contributed by atoms with van der Waals surface area (Å²) in [5, 5.41) is -5.48. The van der Waals surface area contributed by atoms with E-state index in [1.54, 1.807) is 0 Å². The van der Waals surface area contributed by atoms with Crippen molar-refractivity contribution in [2.24, 2.45) is 0 Å². The Bertz CT molecular complexity index is 946. The molecule has 2 aliphatic heterocycles. The first-order valence-corrected chi connectivity index (χ1v) is 20.3. The van der Waals surface area contributed by atoms with Gasteiger partial charge in [-0.25, -0.2) is 17.2 Å². The van der Waals surface area contributed by atoms with Crippen molar-refractivity contribution in [2.75, 3.05) is 40.5 Å². The van der Waals surface area contributed by atoms with Crippen LogP contribution in [0.25, 0.3) is 0 Å². The van der Waals surface area contributed by atoms with E-state index < -0.39 is 21.8 Å². The fourth-order valence-corrected chi connectivity index (χ4v) is 5.40. The molecule has 8 nitrogen and oxygen atoms in total. The molecule has 0 aromatic carbocycles. The third kappa shape index (κ3) is 46.7. The summed E-state index contributed by atoms with van der Waals surface area (Å²) < 4.78 is 72.7. The Hall–Kier alpha value is 1.83. The molecule has 0 aromatic heterocycles. The van der Waals surface area contributed by atoms with Crippen LogP contribution in [0.4, 0.5) is 17.6 Å². The molecule has 2 heterocycles. The number of ketones is 1. The number of hydrogen-bond donors (Lipinski definition) is 0. The minimum Gasteiger partial charge on any atom is -1.00 e. The molecule has 0 bridgehead atoms. The Morgan fingerprint density at radius 1 is 0.618 bits per heavy atom. The summed E-state index contributed by atoms with van der Waals surface area (Å²) in [4.78, 5) is 18.7. The van der Waals surface area contributed by atoms with E-state index in [-0.39, 0.29) is 141 Å². The number of rotatable bonds is 24. The molecule has 0 aliphatic carbocycles. The zero-order valence-electron chi connectivity index (χ0n) is 35.0. The average Bonchev–Trinajstić information content (AvgIpc) is 3.65. The van der Waals surface area contributed by atoms with Gasteiger partial charge in [-0.05, 0) is 26.7 Å². The Balaban J connectivity index is -0.000000118. The second-order valence-electron chi connectivity index (χ2n) is 13.6. The Morgan fingerprint density at radius 2 is 0.855 bits per heavy atom. The maximum Gasteiger partial charge on any atom is 1.00 e. The van der Waals surface area contributed by atoms with Crippen molar-refractivity contribution in [3.63, 3.8) is 0 Å². The van der Waals surface area contributed by atoms with Gasteiger partial charge in [0.2, 0.25) is 0 Å². The van der Waals surface area contributed by atoms with Crippen LogP contribution in [0, 0.1) is 0 Å². The molecular weight excluding hydrogens is 834 g/mol. The molecule has 0 unspecified atom stereocenters. The average molecular weight is 909 g/mol. The summed E-state index contributed by atoms with van der Waals surface area (Å²) in [6, 6.07) is 0. The van der Waals surface area contributed by atoms with E-state index in [2.05, 4.69) is 72.3 Å². The smallest absolute Gasteiger partial charge is 1.00 e. The molecule has 0 spiro atoms. The molecule has 0 radical (unpaired) electrons. The van der Waals surface area contributed by atoms with Crippen LogP contribution in [-0.2, 0) is 14.9 Å². The normalized spacial score (nSPS) is 12.7. The van der Waals surface area contributed by atoms with E-state index >= 15 is 0 Å². The number of Topliss-reactive ketones (excluding diaryl/α,β-unsaturated/α-hetero) is 1. The Labute approximate surface area is 433 Å². The number of carbonyl (C=O) groups is 1. The molecule has 0 atom stereocenters. The Morgan fingerprint density at radius 3 is 1.02 bits per heavy atom. The first kappa shape index (κ1) is 71.3. The molecular formula is C38H75Cl2F4K2N4O4S-. The largest absolute Gasteiger partial charge is 1.00 e. The van der Waals surface area contributed by atoms with Gasteiger partial charge >= 0.3 is 114 Å². The van der Waals surface area contributed by atoms with Crippen LogP contribution in [-0.4, -0.2) is 90.6 Å². The van der Waals surface area contributed by atoms with Crippen molar-refractivity contribution in [3.8, 4) is 0 Å². The molecule has 0 saturated heterocycles. The van der Waals surface area contributed by atoms with Crippen LogP contribution in [0.5, 0.6) is 0 Å². The third-order valence-electron chi connectivity index (χ3n) is 8.06. The second kappa shape index (κ2) is 46.9. The monoisotopic (exact) mass is 907 g/mol. The number of halogens is 6. The first-order valence-electron chi connectivity index (χ1n) is 18.9.